The van der Waals surface area contributed by atoms with E-state index in [9.17, 15) is 10.1 Å². The van der Waals surface area contributed by atoms with Crippen LogP contribution < -0.4 is 4.80 Å². The van der Waals surface area contributed by atoms with Crippen molar-refractivity contribution in [3.8, 4) is 11.3 Å². The lowest BCUT2D eigenvalue weighted by atomic mass is 10.1. The highest BCUT2D eigenvalue weighted by atomic mass is 32.1. The van der Waals surface area contributed by atoms with Crippen LogP contribution in [0, 0.1) is 24.0 Å². The molecule has 140 valence electrons. The molecule has 0 aliphatic heterocycles. The van der Waals surface area contributed by atoms with Gasteiger partial charge < -0.3 is 4.57 Å². The maximum Gasteiger partial charge on any atom is 0.269 e. The van der Waals surface area contributed by atoms with Crippen LogP contribution in [0.2, 0.25) is 0 Å². The van der Waals surface area contributed by atoms with Gasteiger partial charge in [-0.2, -0.15) is 0 Å². The van der Waals surface area contributed by atoms with E-state index in [2.05, 4.69) is 49.8 Å². The Bertz CT molecular complexity index is 1030. The summed E-state index contributed by atoms with van der Waals surface area (Å²) in [7, 11) is 0. The first-order chi connectivity index (χ1) is 12.9. The molecule has 0 saturated heterocycles. The van der Waals surface area contributed by atoms with Gasteiger partial charge in [-0.1, -0.05) is 13.0 Å². The zero-order chi connectivity index (χ0) is 19.6. The van der Waals surface area contributed by atoms with Gasteiger partial charge in [-0.25, -0.2) is 4.99 Å². The second-order valence-corrected chi connectivity index (χ2v) is 7.55. The van der Waals surface area contributed by atoms with E-state index >= 15 is 0 Å². The normalized spacial score (nSPS) is 13.0. The summed E-state index contributed by atoms with van der Waals surface area (Å²) in [5, 5.41) is 13.0. The Morgan fingerprint density at radius 1 is 1.15 bits per heavy atom. The molecule has 0 aliphatic carbocycles. The van der Waals surface area contributed by atoms with Crippen LogP contribution in [0.5, 0.6) is 0 Å². The zero-order valence-electron chi connectivity index (χ0n) is 16.0. The van der Waals surface area contributed by atoms with Gasteiger partial charge in [0.05, 0.1) is 16.3 Å². The topological polar surface area (TPSA) is 60.4 Å². The van der Waals surface area contributed by atoms with Gasteiger partial charge in [0.1, 0.15) is 0 Å². The molecule has 1 heterocycles. The number of nitro benzene ring substituents is 1. The number of hydrogen-bond acceptors (Lipinski definition) is 4. The van der Waals surface area contributed by atoms with Gasteiger partial charge in [-0.05, 0) is 68.1 Å². The molecule has 0 bridgehead atoms. The first-order valence-electron chi connectivity index (χ1n) is 8.97. The third-order valence-electron chi connectivity index (χ3n) is 4.86. The number of hydrogen-bond donors (Lipinski definition) is 0. The van der Waals surface area contributed by atoms with Crippen molar-refractivity contribution in [3.63, 3.8) is 0 Å². The van der Waals surface area contributed by atoms with E-state index in [-0.39, 0.29) is 16.7 Å². The van der Waals surface area contributed by atoms with Crippen molar-refractivity contribution in [2.24, 2.45) is 4.99 Å². The van der Waals surface area contributed by atoms with E-state index < -0.39 is 0 Å². The molecule has 0 radical (unpaired) electrons. The van der Waals surface area contributed by atoms with Crippen LogP contribution in [0.3, 0.4) is 0 Å². The number of aromatic nitrogens is 1. The Hall–Kier alpha value is -2.73. The Morgan fingerprint density at radius 2 is 1.85 bits per heavy atom. The van der Waals surface area contributed by atoms with Gasteiger partial charge in [-0.3, -0.25) is 10.1 Å². The van der Waals surface area contributed by atoms with Crippen LogP contribution >= 0.6 is 11.3 Å². The molecule has 6 heteroatoms. The van der Waals surface area contributed by atoms with Gasteiger partial charge in [0.15, 0.2) is 4.80 Å². The Kier molecular flexibility index (Phi) is 5.56. The third kappa shape index (κ3) is 4.01. The molecule has 27 heavy (non-hydrogen) atoms. The van der Waals surface area contributed by atoms with E-state index in [1.165, 1.54) is 11.1 Å². The third-order valence-corrected chi connectivity index (χ3v) is 5.70. The smallest absolute Gasteiger partial charge is 0.269 e. The molecule has 5 nitrogen and oxygen atoms in total. The van der Waals surface area contributed by atoms with Crippen LogP contribution in [0.1, 0.15) is 37.4 Å². The second kappa shape index (κ2) is 7.88. The van der Waals surface area contributed by atoms with E-state index in [4.69, 9.17) is 4.99 Å². The Balaban J connectivity index is 2.12. The van der Waals surface area contributed by atoms with Crippen LogP contribution in [-0.2, 0) is 0 Å². The van der Waals surface area contributed by atoms with Crippen molar-refractivity contribution in [2.45, 2.75) is 40.2 Å². The molecule has 0 spiro atoms. The Labute approximate surface area is 162 Å². The maximum absolute atomic E-state index is 10.9. The van der Waals surface area contributed by atoms with Crippen molar-refractivity contribution in [1.29, 1.82) is 0 Å². The van der Waals surface area contributed by atoms with Crippen LogP contribution in [0.4, 0.5) is 11.4 Å². The van der Waals surface area contributed by atoms with Gasteiger partial charge in [0, 0.05) is 23.6 Å². The standard InChI is InChI=1S/C21H23N3O2S/c1-5-16(4)23-20(17-7-10-19(11-8-17)24(25)26)13-27-21(23)22-18-9-6-14(2)15(3)12-18/h6-13,16H,5H2,1-4H3. The zero-order valence-corrected chi connectivity index (χ0v) is 16.8. The first-order valence-corrected chi connectivity index (χ1v) is 9.85. The van der Waals surface area contributed by atoms with Gasteiger partial charge in [-0.15, -0.1) is 11.3 Å². The quantitative estimate of drug-likeness (QED) is 0.405. The van der Waals surface area contributed by atoms with Crippen molar-refractivity contribution < 1.29 is 4.92 Å². The summed E-state index contributed by atoms with van der Waals surface area (Å²) < 4.78 is 2.22. The van der Waals surface area contributed by atoms with Crippen LogP contribution in [0.15, 0.2) is 52.8 Å². The van der Waals surface area contributed by atoms with Crippen molar-refractivity contribution in [3.05, 3.63) is 73.9 Å². The van der Waals surface area contributed by atoms with Crippen molar-refractivity contribution in [2.75, 3.05) is 0 Å². The average Bonchev–Trinajstić information content (AvgIpc) is 3.07. The average molecular weight is 382 g/mol. The van der Waals surface area contributed by atoms with Crippen LogP contribution in [-0.4, -0.2) is 9.49 Å². The number of benzene rings is 2. The fourth-order valence-corrected chi connectivity index (χ4v) is 3.90. The molecular formula is C21H23N3O2S. The fraction of sp³-hybridized carbons (Fsp3) is 0.286. The predicted molar refractivity (Wildman–Crippen MR) is 111 cm³/mol. The number of nitro groups is 1. The second-order valence-electron chi connectivity index (χ2n) is 6.72. The predicted octanol–water partition coefficient (Wildman–Crippen LogP) is 5.95. The SMILES string of the molecule is CCC(C)n1c(-c2ccc([N+](=O)[O-])cc2)csc1=Nc1ccc(C)c(C)c1. The summed E-state index contributed by atoms with van der Waals surface area (Å²) in [5.74, 6) is 0. The van der Waals surface area contributed by atoms with Crippen LogP contribution in [0.25, 0.3) is 11.3 Å². The lowest BCUT2D eigenvalue weighted by Gasteiger charge is -2.15. The number of non-ortho nitro benzene ring substituents is 1. The molecule has 1 aromatic heterocycles. The summed E-state index contributed by atoms with van der Waals surface area (Å²) in [6, 6.07) is 13.2. The van der Waals surface area contributed by atoms with Crippen molar-refractivity contribution >= 4 is 22.7 Å². The molecule has 0 saturated carbocycles. The summed E-state index contributed by atoms with van der Waals surface area (Å²) in [6.07, 6.45) is 0.969. The molecule has 0 aliphatic rings. The fourth-order valence-electron chi connectivity index (χ4n) is 2.88. The molecule has 1 atom stereocenters. The molecule has 0 amide bonds. The minimum atomic E-state index is -0.374. The van der Waals surface area contributed by atoms with Gasteiger partial charge in [0.2, 0.25) is 0 Å². The Morgan fingerprint density at radius 3 is 2.44 bits per heavy atom. The summed E-state index contributed by atoms with van der Waals surface area (Å²) in [5.41, 5.74) is 5.50. The minimum Gasteiger partial charge on any atom is -0.314 e. The van der Waals surface area contributed by atoms with Gasteiger partial charge in [0.25, 0.3) is 5.69 Å². The first kappa shape index (κ1) is 19.0. The van der Waals surface area contributed by atoms with E-state index in [0.717, 1.165) is 28.2 Å². The largest absolute Gasteiger partial charge is 0.314 e. The lowest BCUT2D eigenvalue weighted by molar-refractivity contribution is -0.384. The number of thiazole rings is 1. The molecule has 0 N–H and O–H groups in total. The van der Waals surface area contributed by atoms with Gasteiger partial charge >= 0.3 is 0 Å². The minimum absolute atomic E-state index is 0.101. The van der Waals surface area contributed by atoms with E-state index in [0.29, 0.717) is 0 Å². The highest BCUT2D eigenvalue weighted by Crippen LogP contribution is 2.27. The molecule has 3 aromatic rings. The molecule has 1 unspecified atom stereocenters. The summed E-state index contributed by atoms with van der Waals surface area (Å²) in [6.45, 7) is 8.50. The number of rotatable bonds is 5. The van der Waals surface area contributed by atoms with Crippen molar-refractivity contribution in [1.82, 2.24) is 4.57 Å². The maximum atomic E-state index is 10.9. The highest BCUT2D eigenvalue weighted by Gasteiger charge is 2.14. The molecule has 3 rings (SSSR count). The molecular weight excluding hydrogens is 358 g/mol. The molecule has 2 aromatic carbocycles. The lowest BCUT2D eigenvalue weighted by Crippen LogP contribution is -2.19. The summed E-state index contributed by atoms with van der Waals surface area (Å²) >= 11 is 1.59. The number of aryl methyl sites for hydroxylation is 2. The van der Waals surface area contributed by atoms with E-state index in [1.807, 2.05) is 6.07 Å². The van der Waals surface area contributed by atoms with E-state index in [1.54, 1.807) is 35.6 Å². The summed E-state index contributed by atoms with van der Waals surface area (Å²) in [4.78, 5) is 16.4. The molecule has 0 fully saturated rings. The monoisotopic (exact) mass is 381 g/mol. The number of nitrogens with zero attached hydrogens (tertiary/aromatic N) is 3. The highest BCUT2D eigenvalue weighted by molar-refractivity contribution is 7.07.